The second-order valence-corrected chi connectivity index (χ2v) is 15.2. The smallest absolute Gasteiger partial charge is 0.0475 e. The molecule has 0 N–H and O–H groups in total. The normalized spacial score (nSPS) is 20.0. The number of hydrogen-bond donors (Lipinski definition) is 0. The predicted molar refractivity (Wildman–Crippen MR) is 255 cm³/mol. The average molecular weight is 762 g/mol. The van der Waals surface area contributed by atoms with Gasteiger partial charge in [-0.05, 0) is 117 Å². The highest BCUT2D eigenvalue weighted by molar-refractivity contribution is 6.33. The van der Waals surface area contributed by atoms with Gasteiger partial charge in [0.1, 0.15) is 0 Å². The molecule has 0 saturated heterocycles. The highest BCUT2D eigenvalue weighted by Crippen LogP contribution is 2.67. The lowest BCUT2D eigenvalue weighted by Crippen LogP contribution is -2.28. The van der Waals surface area contributed by atoms with Crippen LogP contribution in [0.5, 0.6) is 0 Å². The van der Waals surface area contributed by atoms with Gasteiger partial charge in [-0.2, -0.15) is 0 Å². The van der Waals surface area contributed by atoms with E-state index in [-0.39, 0.29) is 5.41 Å². The number of rotatable bonds is 10. The summed E-state index contributed by atoms with van der Waals surface area (Å²) in [6.07, 6.45) is 22.4. The first-order valence-electron chi connectivity index (χ1n) is 21.5. The molecule has 1 fully saturated rings. The fourth-order valence-corrected chi connectivity index (χ4v) is 7.83. The highest BCUT2D eigenvalue weighted by atomic mass is 35.5. The van der Waals surface area contributed by atoms with Crippen molar-refractivity contribution in [2.75, 3.05) is 0 Å². The Morgan fingerprint density at radius 1 is 0.836 bits per heavy atom. The Kier molecular flexibility index (Phi) is 22.9. The molecule has 0 aliphatic heterocycles. The minimum atomic E-state index is 0.234. The summed E-state index contributed by atoms with van der Waals surface area (Å²) in [5.74, 6) is 0.873. The SMILES string of the molecule is C=C(/C=C/C1=C(Cl)C(=C/C=C(\C)c2cccc(=C)/c2=C(C)\C=C/C)/C(C)C2(C)CC12)c1cccc2cccc(C)c12.CC.CC.CCCCC.CCCCC. The molecule has 0 radical (unpaired) electrons. The van der Waals surface area contributed by atoms with E-state index in [1.54, 1.807) is 0 Å². The van der Waals surface area contributed by atoms with Crippen LogP contribution in [0.4, 0.5) is 0 Å². The monoisotopic (exact) mass is 761 g/mol. The molecule has 1 saturated carbocycles. The van der Waals surface area contributed by atoms with E-state index < -0.39 is 0 Å². The van der Waals surface area contributed by atoms with Crippen molar-refractivity contribution >= 4 is 45.7 Å². The van der Waals surface area contributed by atoms with E-state index in [0.717, 1.165) is 22.2 Å². The molecule has 3 unspecified atom stereocenters. The Hall–Kier alpha value is -3.61. The molecule has 1 heteroatoms. The van der Waals surface area contributed by atoms with E-state index in [4.69, 9.17) is 11.6 Å². The van der Waals surface area contributed by atoms with Crippen molar-refractivity contribution in [1.29, 1.82) is 0 Å². The van der Waals surface area contributed by atoms with Gasteiger partial charge in [0.15, 0.2) is 0 Å². The lowest BCUT2D eigenvalue weighted by Gasteiger charge is -2.30. The Labute approximate surface area is 344 Å². The van der Waals surface area contributed by atoms with Crippen molar-refractivity contribution in [3.63, 3.8) is 0 Å². The topological polar surface area (TPSA) is 0 Å². The largest absolute Gasteiger partial charge is 0.0911 e. The van der Waals surface area contributed by atoms with E-state index in [0.29, 0.717) is 11.8 Å². The molecular weight excluding hydrogens is 684 g/mol. The van der Waals surface area contributed by atoms with Gasteiger partial charge in [-0.25, -0.2) is 0 Å². The van der Waals surface area contributed by atoms with E-state index in [1.807, 2.05) is 27.7 Å². The molecule has 0 aromatic heterocycles. The standard InChI is InChI=1S/C40H41Cl.2C5H12.2C2H6/c1-9-13-27(4)37-28(5)15-11-18-32(37)25(2)20-22-34-30(7)40(8)24-36(40)35(39(34)41)23-21-26(3)33-19-12-17-31-16-10-14-29(6)38(31)33;2*1-3-5-4-2;2*1-2/h9-23,30,36H,3,5,24H2,1-2,4,6-8H3;2*3-5H2,1-2H3;2*1-2H3/b13-9-,23-21+,25-20+,34-22+,37-27+;;;;. The minimum Gasteiger partial charge on any atom is -0.0911 e. The number of aryl methyl sites for hydroxylation is 1. The third kappa shape index (κ3) is 13.2. The van der Waals surface area contributed by atoms with Crippen molar-refractivity contribution < 1.29 is 0 Å². The molecule has 300 valence electrons. The maximum atomic E-state index is 7.23. The summed E-state index contributed by atoms with van der Waals surface area (Å²) in [4.78, 5) is 0. The summed E-state index contributed by atoms with van der Waals surface area (Å²) >= 11 is 7.23. The number of hydrogen-bond acceptors (Lipinski definition) is 0. The molecule has 3 atom stereocenters. The van der Waals surface area contributed by atoms with Crippen LogP contribution in [0.2, 0.25) is 0 Å². The average Bonchev–Trinajstić information content (AvgIpc) is 3.89. The Morgan fingerprint density at radius 3 is 1.93 bits per heavy atom. The Balaban J connectivity index is 0.000000938. The van der Waals surface area contributed by atoms with Crippen LogP contribution in [0.25, 0.3) is 34.1 Å². The van der Waals surface area contributed by atoms with Gasteiger partial charge in [-0.3, -0.25) is 0 Å². The van der Waals surface area contributed by atoms with E-state index in [2.05, 4.69) is 173 Å². The van der Waals surface area contributed by atoms with Gasteiger partial charge in [0.05, 0.1) is 0 Å². The molecule has 5 rings (SSSR count). The van der Waals surface area contributed by atoms with Gasteiger partial charge >= 0.3 is 0 Å². The van der Waals surface area contributed by atoms with Crippen LogP contribution >= 0.6 is 11.6 Å². The Morgan fingerprint density at radius 2 is 1.38 bits per heavy atom. The number of fused-ring (bicyclic) bond motifs is 2. The second kappa shape index (κ2) is 25.5. The van der Waals surface area contributed by atoms with Gasteiger partial charge in [-0.1, -0.05) is 224 Å². The molecule has 0 amide bonds. The molecule has 0 bridgehead atoms. The first-order valence-corrected chi connectivity index (χ1v) is 21.8. The van der Waals surface area contributed by atoms with Crippen LogP contribution in [0.15, 0.2) is 114 Å². The third-order valence-corrected chi connectivity index (χ3v) is 11.3. The molecular formula is C54H77Cl. The zero-order chi connectivity index (χ0) is 41.7. The molecule has 3 aromatic rings. The van der Waals surface area contributed by atoms with Gasteiger partial charge in [-0.15, -0.1) is 0 Å². The fourth-order valence-electron chi connectivity index (χ4n) is 7.41. The molecule has 0 nitrogen and oxygen atoms in total. The summed E-state index contributed by atoms with van der Waals surface area (Å²) in [7, 11) is 0. The van der Waals surface area contributed by atoms with Crippen molar-refractivity contribution in [2.45, 2.75) is 142 Å². The van der Waals surface area contributed by atoms with Crippen LogP contribution < -0.4 is 10.4 Å². The fraction of sp³-hybridized carbons (Fsp3) is 0.444. The number of halogens is 1. The molecule has 55 heavy (non-hydrogen) atoms. The third-order valence-electron chi connectivity index (χ3n) is 10.9. The zero-order valence-electron chi connectivity index (χ0n) is 37.6. The summed E-state index contributed by atoms with van der Waals surface area (Å²) in [6, 6.07) is 19.3. The van der Waals surface area contributed by atoms with E-state index >= 15 is 0 Å². The maximum absolute atomic E-state index is 7.23. The molecule has 0 heterocycles. The summed E-state index contributed by atoms with van der Waals surface area (Å²) < 4.78 is 0. The first-order chi connectivity index (χ1) is 26.4. The van der Waals surface area contributed by atoms with Crippen LogP contribution in [-0.4, -0.2) is 0 Å². The maximum Gasteiger partial charge on any atom is 0.0475 e. The summed E-state index contributed by atoms with van der Waals surface area (Å²) in [5, 5.41) is 5.66. The van der Waals surface area contributed by atoms with Gasteiger partial charge < -0.3 is 0 Å². The number of unbranched alkanes of at least 4 members (excludes halogenated alkanes) is 4. The lowest BCUT2D eigenvalue weighted by molar-refractivity contribution is 0.387. The van der Waals surface area contributed by atoms with E-state index in [9.17, 15) is 0 Å². The van der Waals surface area contributed by atoms with Crippen LogP contribution in [-0.2, 0) is 0 Å². The molecule has 0 spiro atoms. The van der Waals surface area contributed by atoms with Crippen molar-refractivity contribution in [1.82, 2.24) is 0 Å². The van der Waals surface area contributed by atoms with Crippen LogP contribution in [0.3, 0.4) is 0 Å². The summed E-state index contributed by atoms with van der Waals surface area (Å²) in [5.41, 5.74) is 9.79. The summed E-state index contributed by atoms with van der Waals surface area (Å²) in [6.45, 7) is 38.9. The number of benzene rings is 3. The van der Waals surface area contributed by atoms with Gasteiger partial charge in [0.2, 0.25) is 0 Å². The zero-order valence-corrected chi connectivity index (χ0v) is 38.3. The molecule has 3 aromatic carbocycles. The lowest BCUT2D eigenvalue weighted by atomic mass is 9.77. The van der Waals surface area contributed by atoms with Crippen LogP contribution in [0, 0.1) is 24.2 Å². The number of allylic oxidation sites excluding steroid dienone is 11. The quantitative estimate of drug-likeness (QED) is 0.181. The van der Waals surface area contributed by atoms with E-state index in [1.165, 1.54) is 93.5 Å². The first kappa shape index (κ1) is 49.4. The van der Waals surface area contributed by atoms with Crippen LogP contribution in [0.1, 0.15) is 152 Å². The van der Waals surface area contributed by atoms with Crippen molar-refractivity contribution in [3.05, 3.63) is 141 Å². The van der Waals surface area contributed by atoms with Gasteiger partial charge in [0, 0.05) is 5.03 Å². The van der Waals surface area contributed by atoms with Gasteiger partial charge in [0.25, 0.3) is 0 Å². The molecule has 2 aliphatic rings. The molecule has 2 aliphatic carbocycles. The second-order valence-electron chi connectivity index (χ2n) is 14.8. The predicted octanol–water partition coefficient (Wildman–Crippen LogP) is 16.5. The Bertz CT molecular complexity index is 1910. The minimum absolute atomic E-state index is 0.234. The highest BCUT2D eigenvalue weighted by Gasteiger charge is 2.58. The van der Waals surface area contributed by atoms with Crippen molar-refractivity contribution in [2.24, 2.45) is 17.3 Å². The van der Waals surface area contributed by atoms with Crippen molar-refractivity contribution in [3.8, 4) is 0 Å².